The highest BCUT2D eigenvalue weighted by Crippen LogP contribution is 2.32. The van der Waals surface area contributed by atoms with Crippen LogP contribution in [0, 0.1) is 0 Å². The Morgan fingerprint density at radius 3 is 2.75 bits per heavy atom. The molecule has 2 N–H and O–H groups in total. The van der Waals surface area contributed by atoms with Gasteiger partial charge in [0, 0.05) is 25.3 Å². The first kappa shape index (κ1) is 18.5. The fourth-order valence-corrected chi connectivity index (χ4v) is 2.69. The van der Waals surface area contributed by atoms with Crippen LogP contribution in [0.25, 0.3) is 0 Å². The summed E-state index contributed by atoms with van der Waals surface area (Å²) in [5, 5.41) is 0. The smallest absolute Gasteiger partial charge is 0.408 e. The first-order chi connectivity index (χ1) is 11.3. The van der Waals surface area contributed by atoms with Crippen LogP contribution >= 0.6 is 0 Å². The molecule has 0 saturated carbocycles. The van der Waals surface area contributed by atoms with Crippen LogP contribution in [-0.2, 0) is 4.74 Å². The Bertz CT molecular complexity index is 566. The largest absolute Gasteiger partial charge is 0.491 e. The molecule has 1 heterocycles. The number of amides is 1. The fourth-order valence-electron chi connectivity index (χ4n) is 2.69. The number of benzene rings is 1. The summed E-state index contributed by atoms with van der Waals surface area (Å²) in [6.07, 6.45) is -4.41. The molecule has 0 aromatic heterocycles. The summed E-state index contributed by atoms with van der Waals surface area (Å²) in [5.74, 6) is -0.285. The molecule has 1 amide bonds. The van der Waals surface area contributed by atoms with Crippen LogP contribution in [0.5, 0.6) is 5.75 Å². The minimum atomic E-state index is -4.47. The molecule has 1 aliphatic rings. The van der Waals surface area contributed by atoms with Gasteiger partial charge in [0.05, 0.1) is 6.61 Å². The van der Waals surface area contributed by atoms with Gasteiger partial charge in [-0.15, -0.1) is 0 Å². The summed E-state index contributed by atoms with van der Waals surface area (Å²) >= 11 is 0. The number of piperidine rings is 1. The Morgan fingerprint density at radius 2 is 2.08 bits per heavy atom. The van der Waals surface area contributed by atoms with Gasteiger partial charge in [0.15, 0.2) is 0 Å². The standard InChI is InChI=1S/C16H21F3N2O3/c1-23-7-8-24-13-4-2-3-11(9-13)15(22)21-10-12(20)5-6-14(21)16(17,18)19/h2-4,9,12,14H,5-8,10,20H2,1H3/t12-,14-/m1/s1. The number of rotatable bonds is 5. The number of nitrogens with two attached hydrogens (primary N) is 1. The number of ether oxygens (including phenoxy) is 2. The number of hydrogen-bond acceptors (Lipinski definition) is 4. The second-order valence-corrected chi connectivity index (χ2v) is 5.72. The number of methoxy groups -OCH3 is 1. The second-order valence-electron chi connectivity index (χ2n) is 5.72. The number of alkyl halides is 3. The summed E-state index contributed by atoms with van der Waals surface area (Å²) in [4.78, 5) is 13.4. The lowest BCUT2D eigenvalue weighted by atomic mass is 9.97. The highest BCUT2D eigenvalue weighted by Gasteiger charge is 2.47. The maximum Gasteiger partial charge on any atom is 0.408 e. The summed E-state index contributed by atoms with van der Waals surface area (Å²) in [7, 11) is 1.53. The van der Waals surface area contributed by atoms with Gasteiger partial charge in [-0.2, -0.15) is 13.2 Å². The highest BCUT2D eigenvalue weighted by molar-refractivity contribution is 5.95. The third kappa shape index (κ3) is 4.61. The normalized spacial score (nSPS) is 21.6. The average Bonchev–Trinajstić information content (AvgIpc) is 2.53. The van der Waals surface area contributed by atoms with Gasteiger partial charge in [-0.3, -0.25) is 4.79 Å². The minimum Gasteiger partial charge on any atom is -0.491 e. The highest BCUT2D eigenvalue weighted by atomic mass is 19.4. The predicted molar refractivity (Wildman–Crippen MR) is 81.9 cm³/mol. The molecular weight excluding hydrogens is 325 g/mol. The lowest BCUT2D eigenvalue weighted by molar-refractivity contribution is -0.184. The van der Waals surface area contributed by atoms with Crippen molar-refractivity contribution in [3.8, 4) is 5.75 Å². The monoisotopic (exact) mass is 346 g/mol. The van der Waals surface area contributed by atoms with E-state index in [4.69, 9.17) is 15.2 Å². The molecule has 1 aromatic carbocycles. The molecule has 5 nitrogen and oxygen atoms in total. The fraction of sp³-hybridized carbons (Fsp3) is 0.562. The molecule has 2 rings (SSSR count). The van der Waals surface area contributed by atoms with E-state index >= 15 is 0 Å². The van der Waals surface area contributed by atoms with Gasteiger partial charge in [-0.05, 0) is 31.0 Å². The van der Waals surface area contributed by atoms with Gasteiger partial charge in [0.2, 0.25) is 0 Å². The number of carbonyl (C=O) groups is 1. The lowest BCUT2D eigenvalue weighted by Crippen LogP contribution is -2.56. The van der Waals surface area contributed by atoms with Gasteiger partial charge >= 0.3 is 6.18 Å². The van der Waals surface area contributed by atoms with E-state index < -0.39 is 24.2 Å². The first-order valence-corrected chi connectivity index (χ1v) is 7.68. The number of hydrogen-bond donors (Lipinski definition) is 1. The van der Waals surface area contributed by atoms with Crippen molar-refractivity contribution >= 4 is 5.91 Å². The zero-order valence-electron chi connectivity index (χ0n) is 13.4. The Morgan fingerprint density at radius 1 is 1.33 bits per heavy atom. The Kier molecular flexibility index (Phi) is 6.06. The predicted octanol–water partition coefficient (Wildman–Crippen LogP) is 2.21. The van der Waals surface area contributed by atoms with Crippen molar-refractivity contribution in [1.82, 2.24) is 4.90 Å². The minimum absolute atomic E-state index is 0.113. The molecule has 1 aromatic rings. The SMILES string of the molecule is COCCOc1cccc(C(=O)N2C[C@H](N)CC[C@@H]2C(F)(F)F)c1. The molecule has 0 radical (unpaired) electrons. The molecule has 24 heavy (non-hydrogen) atoms. The molecule has 0 spiro atoms. The van der Waals surface area contributed by atoms with Gasteiger partial charge in [-0.25, -0.2) is 0 Å². The maximum absolute atomic E-state index is 13.2. The van der Waals surface area contributed by atoms with E-state index in [9.17, 15) is 18.0 Å². The van der Waals surface area contributed by atoms with E-state index in [2.05, 4.69) is 0 Å². The van der Waals surface area contributed by atoms with Crippen molar-refractivity contribution in [3.05, 3.63) is 29.8 Å². The quantitative estimate of drug-likeness (QED) is 0.830. The van der Waals surface area contributed by atoms with Crippen LogP contribution in [0.4, 0.5) is 13.2 Å². The third-order valence-corrected chi connectivity index (χ3v) is 3.89. The molecule has 1 aliphatic heterocycles. The van der Waals surface area contributed by atoms with Crippen LogP contribution in [0.1, 0.15) is 23.2 Å². The molecule has 134 valence electrons. The molecule has 8 heteroatoms. The van der Waals surface area contributed by atoms with Crippen LogP contribution in [0.15, 0.2) is 24.3 Å². The van der Waals surface area contributed by atoms with Crippen LogP contribution in [0.2, 0.25) is 0 Å². The van der Waals surface area contributed by atoms with E-state index in [1.54, 1.807) is 12.1 Å². The van der Waals surface area contributed by atoms with Crippen LogP contribution < -0.4 is 10.5 Å². The summed E-state index contributed by atoms with van der Waals surface area (Å²) < 4.78 is 49.9. The molecule has 0 unspecified atom stereocenters. The van der Waals surface area contributed by atoms with Crippen LogP contribution in [0.3, 0.4) is 0 Å². The van der Waals surface area contributed by atoms with Gasteiger partial charge in [0.25, 0.3) is 5.91 Å². The number of carbonyl (C=O) groups excluding carboxylic acids is 1. The van der Waals surface area contributed by atoms with E-state index in [1.165, 1.54) is 19.2 Å². The van der Waals surface area contributed by atoms with Crippen molar-refractivity contribution in [2.45, 2.75) is 31.1 Å². The average molecular weight is 346 g/mol. The van der Waals surface area contributed by atoms with Crippen molar-refractivity contribution in [2.75, 3.05) is 26.9 Å². The van der Waals surface area contributed by atoms with Crippen LogP contribution in [-0.4, -0.2) is 55.9 Å². The molecule has 0 aliphatic carbocycles. The first-order valence-electron chi connectivity index (χ1n) is 7.68. The maximum atomic E-state index is 13.2. The van der Waals surface area contributed by atoms with Crippen molar-refractivity contribution < 1.29 is 27.4 Å². The van der Waals surface area contributed by atoms with Crippen molar-refractivity contribution in [3.63, 3.8) is 0 Å². The summed E-state index contributed by atoms with van der Waals surface area (Å²) in [6, 6.07) is 3.86. The van der Waals surface area contributed by atoms with Crippen molar-refractivity contribution in [2.24, 2.45) is 5.73 Å². The second kappa shape index (κ2) is 7.85. The number of halogens is 3. The van der Waals surface area contributed by atoms with E-state index in [0.29, 0.717) is 12.4 Å². The summed E-state index contributed by atoms with van der Waals surface area (Å²) in [6.45, 7) is 0.543. The molecule has 1 saturated heterocycles. The molecule has 1 fully saturated rings. The topological polar surface area (TPSA) is 64.8 Å². The summed E-state index contributed by atoms with van der Waals surface area (Å²) in [5.41, 5.74) is 5.90. The van der Waals surface area contributed by atoms with E-state index in [1.807, 2.05) is 0 Å². The Labute approximate surface area is 138 Å². The van der Waals surface area contributed by atoms with E-state index in [0.717, 1.165) is 4.90 Å². The molecular formula is C16H21F3N2O3. The Balaban J connectivity index is 2.17. The van der Waals surface area contributed by atoms with Crippen molar-refractivity contribution in [1.29, 1.82) is 0 Å². The van der Waals surface area contributed by atoms with Gasteiger partial charge in [0.1, 0.15) is 18.4 Å². The third-order valence-electron chi connectivity index (χ3n) is 3.89. The lowest BCUT2D eigenvalue weighted by Gasteiger charge is -2.39. The number of nitrogens with zero attached hydrogens (tertiary/aromatic N) is 1. The van der Waals surface area contributed by atoms with E-state index in [-0.39, 0.29) is 31.6 Å². The number of likely N-dealkylation sites (tertiary alicyclic amines) is 1. The van der Waals surface area contributed by atoms with Gasteiger partial charge in [-0.1, -0.05) is 6.07 Å². The molecule has 2 atom stereocenters. The molecule has 0 bridgehead atoms. The Hall–Kier alpha value is -1.80. The van der Waals surface area contributed by atoms with Gasteiger partial charge < -0.3 is 20.1 Å². The zero-order valence-corrected chi connectivity index (χ0v) is 13.4. The zero-order chi connectivity index (χ0) is 17.7.